The quantitative estimate of drug-likeness (QED) is 0.425. The minimum absolute atomic E-state index is 0.253. The highest BCUT2D eigenvalue weighted by molar-refractivity contribution is 5.78. The number of carbonyl (C=O) groups is 1. The predicted molar refractivity (Wildman–Crippen MR) is 91.5 cm³/mol. The second-order valence-electron chi connectivity index (χ2n) is 5.98. The number of carbonyl (C=O) groups excluding carboxylic acids is 1. The van der Waals surface area contributed by atoms with Gasteiger partial charge in [0.1, 0.15) is 5.75 Å². The first-order valence-corrected chi connectivity index (χ1v) is 7.69. The van der Waals surface area contributed by atoms with Crippen molar-refractivity contribution in [2.24, 2.45) is 15.6 Å². The average molecular weight is 321 g/mol. The molecule has 0 aromatic heterocycles. The number of nitrogens with zero attached hydrogens (tertiary/aromatic N) is 3. The van der Waals surface area contributed by atoms with Gasteiger partial charge >= 0.3 is 5.97 Å². The lowest BCUT2D eigenvalue weighted by atomic mass is 9.91. The van der Waals surface area contributed by atoms with Crippen molar-refractivity contribution >= 4 is 17.3 Å². The van der Waals surface area contributed by atoms with Crippen LogP contribution in [0.15, 0.2) is 58.8 Å². The molecule has 122 valence electrons. The Hall–Kier alpha value is -3.00. The first kappa shape index (κ1) is 17.4. The Balaban J connectivity index is 2.02. The SMILES string of the molecule is CCC(C)(C)C(=O)Oc1ccc(N=Nc2ccc(C#N)cc2)cc1. The molecule has 0 aliphatic heterocycles. The highest BCUT2D eigenvalue weighted by Crippen LogP contribution is 2.25. The van der Waals surface area contributed by atoms with Crippen molar-refractivity contribution in [3.8, 4) is 11.8 Å². The molecule has 0 aliphatic rings. The van der Waals surface area contributed by atoms with Crippen LogP contribution < -0.4 is 4.74 Å². The van der Waals surface area contributed by atoms with Gasteiger partial charge in [0, 0.05) is 0 Å². The molecule has 5 heteroatoms. The summed E-state index contributed by atoms with van der Waals surface area (Å²) >= 11 is 0. The van der Waals surface area contributed by atoms with Crippen LogP contribution >= 0.6 is 0 Å². The Morgan fingerprint density at radius 2 is 1.54 bits per heavy atom. The summed E-state index contributed by atoms with van der Waals surface area (Å²) in [6.07, 6.45) is 0.711. The number of hydrogen-bond acceptors (Lipinski definition) is 5. The summed E-state index contributed by atoms with van der Waals surface area (Å²) in [5.41, 5.74) is 1.38. The largest absolute Gasteiger partial charge is 0.426 e. The van der Waals surface area contributed by atoms with Gasteiger partial charge in [0.15, 0.2) is 0 Å². The topological polar surface area (TPSA) is 74.8 Å². The molecule has 2 aromatic carbocycles. The lowest BCUT2D eigenvalue weighted by molar-refractivity contribution is -0.144. The first-order chi connectivity index (χ1) is 11.4. The molecule has 5 nitrogen and oxygen atoms in total. The maximum absolute atomic E-state index is 12.0. The van der Waals surface area contributed by atoms with Gasteiger partial charge in [-0.15, -0.1) is 0 Å². The van der Waals surface area contributed by atoms with Crippen molar-refractivity contribution in [2.45, 2.75) is 27.2 Å². The summed E-state index contributed by atoms with van der Waals surface area (Å²) in [4.78, 5) is 12.0. The molecule has 0 saturated carbocycles. The summed E-state index contributed by atoms with van der Waals surface area (Å²) in [6.45, 7) is 5.67. The minimum atomic E-state index is -0.506. The number of ether oxygens (including phenoxy) is 1. The highest BCUT2D eigenvalue weighted by atomic mass is 16.5. The van der Waals surface area contributed by atoms with Gasteiger partial charge in [-0.3, -0.25) is 4.79 Å². The molecule has 0 aliphatic carbocycles. The van der Waals surface area contributed by atoms with Gasteiger partial charge in [-0.05, 0) is 68.8 Å². The Morgan fingerprint density at radius 1 is 1.04 bits per heavy atom. The number of hydrogen-bond donors (Lipinski definition) is 0. The molecule has 0 unspecified atom stereocenters. The van der Waals surface area contributed by atoms with Gasteiger partial charge in [-0.1, -0.05) is 6.92 Å². The Labute approximate surface area is 141 Å². The van der Waals surface area contributed by atoms with E-state index in [0.717, 1.165) is 0 Å². The van der Waals surface area contributed by atoms with Gasteiger partial charge in [0.2, 0.25) is 0 Å². The van der Waals surface area contributed by atoms with Crippen molar-refractivity contribution in [3.05, 3.63) is 54.1 Å². The van der Waals surface area contributed by atoms with Crippen LogP contribution in [0.5, 0.6) is 5.75 Å². The molecule has 0 amide bonds. The van der Waals surface area contributed by atoms with Crippen LogP contribution in [0.1, 0.15) is 32.8 Å². The van der Waals surface area contributed by atoms with Crippen LogP contribution in [0.25, 0.3) is 0 Å². The minimum Gasteiger partial charge on any atom is -0.426 e. The third kappa shape index (κ3) is 4.50. The zero-order chi connectivity index (χ0) is 17.6. The molecule has 0 N–H and O–H groups in total. The van der Waals surface area contributed by atoms with E-state index < -0.39 is 5.41 Å². The van der Waals surface area contributed by atoms with E-state index in [1.807, 2.05) is 20.8 Å². The second-order valence-corrected chi connectivity index (χ2v) is 5.98. The molecule has 24 heavy (non-hydrogen) atoms. The molecule has 0 spiro atoms. The number of benzene rings is 2. The molecule has 2 rings (SSSR count). The third-order valence-corrected chi connectivity index (χ3v) is 3.76. The van der Waals surface area contributed by atoms with Crippen LogP contribution in [-0.4, -0.2) is 5.97 Å². The highest BCUT2D eigenvalue weighted by Gasteiger charge is 2.27. The van der Waals surface area contributed by atoms with Gasteiger partial charge in [-0.2, -0.15) is 15.5 Å². The van der Waals surface area contributed by atoms with Crippen LogP contribution in [0.3, 0.4) is 0 Å². The second kappa shape index (κ2) is 7.51. The Kier molecular flexibility index (Phi) is 5.43. The maximum atomic E-state index is 12.0. The van der Waals surface area contributed by atoms with E-state index >= 15 is 0 Å². The third-order valence-electron chi connectivity index (χ3n) is 3.76. The molecule has 0 fully saturated rings. The van der Waals surface area contributed by atoms with Crippen LogP contribution in [0, 0.1) is 16.7 Å². The van der Waals surface area contributed by atoms with E-state index in [9.17, 15) is 4.79 Å². The smallest absolute Gasteiger partial charge is 0.316 e. The lowest BCUT2D eigenvalue weighted by Gasteiger charge is -2.19. The zero-order valence-corrected chi connectivity index (χ0v) is 14.0. The summed E-state index contributed by atoms with van der Waals surface area (Å²) in [5.74, 6) is 0.232. The van der Waals surface area contributed by atoms with Gasteiger partial charge < -0.3 is 4.74 Å². The number of azo groups is 1. The van der Waals surface area contributed by atoms with Crippen molar-refractivity contribution in [1.82, 2.24) is 0 Å². The summed E-state index contributed by atoms with van der Waals surface area (Å²) in [5, 5.41) is 17.0. The van der Waals surface area contributed by atoms with Crippen LogP contribution in [0.2, 0.25) is 0 Å². The first-order valence-electron chi connectivity index (χ1n) is 7.69. The fourth-order valence-electron chi connectivity index (χ4n) is 1.69. The molecule has 0 saturated heterocycles. The van der Waals surface area contributed by atoms with E-state index in [2.05, 4.69) is 16.3 Å². The Bertz CT molecular complexity index is 770. The summed E-state index contributed by atoms with van der Waals surface area (Å²) in [6, 6.07) is 15.7. The molecule has 0 atom stereocenters. The van der Waals surface area contributed by atoms with E-state index in [1.54, 1.807) is 48.5 Å². The lowest BCUT2D eigenvalue weighted by Crippen LogP contribution is -2.28. The molecule has 0 bridgehead atoms. The summed E-state index contributed by atoms with van der Waals surface area (Å²) in [7, 11) is 0. The zero-order valence-electron chi connectivity index (χ0n) is 14.0. The van der Waals surface area contributed by atoms with Crippen molar-refractivity contribution in [2.75, 3.05) is 0 Å². The van der Waals surface area contributed by atoms with Gasteiger partial charge in [-0.25, -0.2) is 0 Å². The van der Waals surface area contributed by atoms with E-state index in [1.165, 1.54) is 0 Å². The number of nitriles is 1. The fourth-order valence-corrected chi connectivity index (χ4v) is 1.69. The fraction of sp³-hybridized carbons (Fsp3) is 0.263. The van der Waals surface area contributed by atoms with Crippen molar-refractivity contribution < 1.29 is 9.53 Å². The maximum Gasteiger partial charge on any atom is 0.316 e. The van der Waals surface area contributed by atoms with E-state index in [-0.39, 0.29) is 5.97 Å². The Morgan fingerprint density at radius 3 is 2.00 bits per heavy atom. The molecule has 2 aromatic rings. The monoisotopic (exact) mass is 321 g/mol. The standard InChI is InChI=1S/C19H19N3O2/c1-4-19(2,3)18(23)24-17-11-9-16(10-12-17)22-21-15-7-5-14(13-20)6-8-15/h5-12H,4H2,1-3H3. The normalized spacial score (nSPS) is 11.2. The van der Waals surface area contributed by atoms with Gasteiger partial charge in [0.05, 0.1) is 28.4 Å². The molecule has 0 heterocycles. The molecular formula is C19H19N3O2. The average Bonchev–Trinajstić information content (AvgIpc) is 2.61. The van der Waals surface area contributed by atoms with E-state index in [0.29, 0.717) is 29.1 Å². The van der Waals surface area contributed by atoms with Gasteiger partial charge in [0.25, 0.3) is 0 Å². The van der Waals surface area contributed by atoms with Crippen LogP contribution in [-0.2, 0) is 4.79 Å². The van der Waals surface area contributed by atoms with E-state index in [4.69, 9.17) is 10.00 Å². The molecule has 0 radical (unpaired) electrons. The van der Waals surface area contributed by atoms with Crippen molar-refractivity contribution in [3.63, 3.8) is 0 Å². The number of esters is 1. The number of rotatable bonds is 5. The molecular weight excluding hydrogens is 302 g/mol. The summed E-state index contributed by atoms with van der Waals surface area (Å²) < 4.78 is 5.37. The van der Waals surface area contributed by atoms with Crippen LogP contribution in [0.4, 0.5) is 11.4 Å². The van der Waals surface area contributed by atoms with Crippen molar-refractivity contribution in [1.29, 1.82) is 5.26 Å². The predicted octanol–water partition coefficient (Wildman–Crippen LogP) is 5.32.